The fourth-order valence-corrected chi connectivity index (χ4v) is 19.2. The number of benzene rings is 4. The van der Waals surface area contributed by atoms with E-state index in [-0.39, 0.29) is 47.2 Å². The first-order valence-electron chi connectivity index (χ1n) is 44.3. The van der Waals surface area contributed by atoms with Gasteiger partial charge in [0.25, 0.3) is 5.91 Å². The molecule has 32 nitrogen and oxygen atoms in total. The van der Waals surface area contributed by atoms with Crippen LogP contribution in [0, 0.1) is 21.7 Å². The molecule has 0 unspecified atom stereocenters. The second-order valence-electron chi connectivity index (χ2n) is 37.5. The second-order valence-corrected chi connectivity index (χ2v) is 37.5. The van der Waals surface area contributed by atoms with E-state index in [1.165, 1.54) is 62.8 Å². The number of carbonyl (C=O) groups is 7. The van der Waals surface area contributed by atoms with Gasteiger partial charge in [-0.05, 0) is 198 Å². The molecule has 18 rings (SSSR count). The number of H-pyrrole nitrogens is 1. The van der Waals surface area contributed by atoms with Gasteiger partial charge in [0.05, 0.1) is 63.8 Å². The van der Waals surface area contributed by atoms with Crippen LogP contribution in [0.3, 0.4) is 0 Å². The first-order chi connectivity index (χ1) is 60.9. The van der Waals surface area contributed by atoms with Gasteiger partial charge in [-0.15, -0.1) is 0 Å². The van der Waals surface area contributed by atoms with Crippen molar-refractivity contribution in [2.45, 2.75) is 202 Å². The summed E-state index contributed by atoms with van der Waals surface area (Å²) in [4.78, 5) is 142. The van der Waals surface area contributed by atoms with E-state index in [0.29, 0.717) is 90.9 Å². The Balaban J connectivity index is 0.000000131. The molecule has 0 spiro atoms. The van der Waals surface area contributed by atoms with Gasteiger partial charge in [-0.1, -0.05) is 57.4 Å². The smallest absolute Gasteiger partial charge is 0.355 e. The average molecular weight is 1750 g/mol. The number of rotatable bonds is 14. The molecule has 0 bridgehead atoms. The predicted molar refractivity (Wildman–Crippen MR) is 494 cm³/mol. The van der Waals surface area contributed by atoms with Crippen molar-refractivity contribution in [2.24, 2.45) is 21.7 Å². The molecule has 0 saturated heterocycles. The van der Waals surface area contributed by atoms with E-state index in [4.69, 9.17) is 19.9 Å². The molecule has 676 valence electrons. The number of nitrogens with zero attached hydrogens (tertiary/aromatic N) is 18. The van der Waals surface area contributed by atoms with Crippen molar-refractivity contribution in [3.05, 3.63) is 127 Å². The van der Waals surface area contributed by atoms with Crippen molar-refractivity contribution in [3.63, 3.8) is 0 Å². The first kappa shape index (κ1) is 90.0. The van der Waals surface area contributed by atoms with Crippen LogP contribution < -0.4 is 76.0 Å². The van der Waals surface area contributed by atoms with Crippen LogP contribution in [0.1, 0.15) is 181 Å². The highest BCUT2D eigenvalue weighted by atomic mass is 19.4. The zero-order chi connectivity index (χ0) is 91.1. The maximum Gasteiger partial charge on any atom is 0.471 e. The summed E-state index contributed by atoms with van der Waals surface area (Å²) in [6.07, 6.45) is 22.9. The summed E-state index contributed by atoms with van der Waals surface area (Å²) < 4.78 is 37.3. The SMILES string of the molecule is CC(=O)N1CCc2cc(Nc3ncc4c(n3)N(C3CCCC3)CC(C)(C)C(=O)N4C)ccc21.CN1C(=O)C(C)(C)CN(C2CCCC2)c2nc(Nc3ccc(NC(=O)C(F)(F)F)cc3)ncc21.CN1C(=O)C(C)(C)CN(C2CCCC2)c2nc(Nc3cccc4[nH]ncc34)ncc21.CNC(=O)c1ccc(Nc2ncc3c(n2)N(C2CCCC2)CC(C)(C)C(=O)N3C)cc1. The Morgan fingerprint density at radius 3 is 1.14 bits per heavy atom. The Labute approximate surface area is 743 Å². The minimum Gasteiger partial charge on any atom is -0.355 e. The average Bonchev–Trinajstić information content (AvgIpc) is 1.50. The molecule has 4 saturated carbocycles. The van der Waals surface area contributed by atoms with Crippen LogP contribution in [0.25, 0.3) is 10.9 Å². The van der Waals surface area contributed by atoms with Crippen molar-refractivity contribution >= 4 is 156 Å². The Hall–Kier alpha value is -12.9. The molecule has 0 atom stereocenters. The zero-order valence-electron chi connectivity index (χ0n) is 75.4. The van der Waals surface area contributed by atoms with E-state index >= 15 is 0 Å². The van der Waals surface area contributed by atoms with Crippen molar-refractivity contribution < 1.29 is 46.7 Å². The standard InChI is InChI=1S/C25H32N6O2.C23H27F3N6O2.C23H30N6O2.C22H27N7O/c1-16(32)30-12-11-17-13-18(9-10-20(17)30)27-24-26-14-21-22(28-24)31(19-7-5-6-8-19)15-25(2,3)23(33)29(21)4;1-22(2)13-32(16-6-4-5-7-16)18-17(31(3)20(22)34)12-27-21(30-18)29-15-10-8-14(9-11-15)28-19(33)23(24,25)26;1-23(2)14-29(17-7-5-6-8-17)19-18(28(4)21(23)31)13-25-22(27-19)26-16-11-9-15(10-12-16)20(30)24-3;1-22(2)13-29(14-7-4-5-8-14)19-18(28(3)20(22)30)12-23-21(26-19)25-16-9-6-10-17-15(16)11-24-27-17/h9-10,13-14,19H,5-8,11-12,15H2,1-4H3,(H,26,27,28);8-12,16H,4-7,13H2,1-3H3,(H,28,33)(H,27,29,30);9-13,17H,5-8,14H2,1-4H3,(H,24,30)(H,25,26,27);6,9-12,14H,4-5,7-8,13H2,1-3H3,(H,24,27)(H,23,25,26). The number of aromatic amines is 1. The zero-order valence-corrected chi connectivity index (χ0v) is 75.4. The number of anilines is 18. The molecule has 5 aliphatic heterocycles. The lowest BCUT2D eigenvalue weighted by atomic mass is 9.91. The number of alkyl halides is 3. The number of amides is 7. The summed E-state index contributed by atoms with van der Waals surface area (Å²) >= 11 is 0. The summed E-state index contributed by atoms with van der Waals surface area (Å²) in [7, 11) is 8.78. The second kappa shape index (κ2) is 36.5. The molecule has 10 heterocycles. The van der Waals surface area contributed by atoms with Crippen LogP contribution >= 0.6 is 0 Å². The Morgan fingerprint density at radius 1 is 0.438 bits per heavy atom. The highest BCUT2D eigenvalue weighted by Gasteiger charge is 2.47. The maximum atomic E-state index is 13.1. The topological polar surface area (TPSA) is 353 Å². The van der Waals surface area contributed by atoms with Crippen LogP contribution in [0.15, 0.2) is 116 Å². The molecule has 9 aromatic rings. The fraction of sp³-hybridized carbons (Fsp3) is 0.484. The van der Waals surface area contributed by atoms with Gasteiger partial charge in [0.15, 0.2) is 23.3 Å². The molecule has 4 aliphatic carbocycles. The van der Waals surface area contributed by atoms with Gasteiger partial charge in [-0.25, -0.2) is 19.9 Å². The Morgan fingerprint density at radius 2 is 0.781 bits per heavy atom. The highest BCUT2D eigenvalue weighted by Crippen LogP contribution is 2.47. The van der Waals surface area contributed by atoms with E-state index in [1.807, 2.05) is 122 Å². The number of hydrogen-bond donors (Lipinski definition) is 7. The van der Waals surface area contributed by atoms with Crippen molar-refractivity contribution in [1.29, 1.82) is 0 Å². The Bertz CT molecular complexity index is 5650. The number of fused-ring (bicyclic) bond motifs is 6. The van der Waals surface area contributed by atoms with Crippen molar-refractivity contribution in [2.75, 3.05) is 139 Å². The lowest BCUT2D eigenvalue weighted by Crippen LogP contribution is -2.45. The summed E-state index contributed by atoms with van der Waals surface area (Å²) in [6.45, 7) is 20.7. The molecule has 5 aromatic heterocycles. The predicted octanol–water partition coefficient (Wildman–Crippen LogP) is 15.5. The van der Waals surface area contributed by atoms with Crippen molar-refractivity contribution in [3.8, 4) is 0 Å². The van der Waals surface area contributed by atoms with Gasteiger partial charge in [-0.2, -0.15) is 38.2 Å². The summed E-state index contributed by atoms with van der Waals surface area (Å²) in [5.74, 6) is 3.09. The van der Waals surface area contributed by atoms with E-state index in [0.717, 1.165) is 151 Å². The van der Waals surface area contributed by atoms with Crippen molar-refractivity contribution in [1.82, 2.24) is 55.4 Å². The molecule has 7 amide bonds. The third-order valence-electron chi connectivity index (χ3n) is 26.0. The third kappa shape index (κ3) is 19.1. The minimum absolute atomic E-state index is 0.00458. The number of carbonyl (C=O) groups excluding carboxylic acids is 7. The van der Waals surface area contributed by atoms with Crippen LogP contribution in [-0.4, -0.2) is 190 Å². The third-order valence-corrected chi connectivity index (χ3v) is 26.0. The molecule has 7 N–H and O–H groups in total. The molecule has 4 fully saturated rings. The van der Waals surface area contributed by atoms with Crippen LogP contribution in [0.5, 0.6) is 0 Å². The number of halogens is 3. The summed E-state index contributed by atoms with van der Waals surface area (Å²) in [5.41, 5.74) is 7.60. The van der Waals surface area contributed by atoms with Gasteiger partial charge in [-0.3, -0.25) is 38.7 Å². The molecule has 128 heavy (non-hydrogen) atoms. The van der Waals surface area contributed by atoms with Gasteiger partial charge in [0.1, 0.15) is 22.7 Å². The minimum atomic E-state index is -4.96. The molecule has 4 aromatic carbocycles. The van der Waals surface area contributed by atoms with Gasteiger partial charge >= 0.3 is 12.1 Å². The molecular formula is C93H116F3N25O7. The number of aromatic nitrogens is 10. The molecule has 9 aliphatic rings. The number of hydrogen-bond acceptors (Lipinski definition) is 24. The quantitative estimate of drug-likeness (QED) is 0.0532. The van der Waals surface area contributed by atoms with Crippen LogP contribution in [0.4, 0.5) is 117 Å². The van der Waals surface area contributed by atoms with Gasteiger partial charge < -0.3 is 76.0 Å². The monoisotopic (exact) mass is 1750 g/mol. The van der Waals surface area contributed by atoms with Gasteiger partial charge in [0.2, 0.25) is 53.3 Å². The maximum absolute atomic E-state index is 13.1. The van der Waals surface area contributed by atoms with E-state index in [9.17, 15) is 46.7 Å². The largest absolute Gasteiger partial charge is 0.471 e. The van der Waals surface area contributed by atoms with Crippen LogP contribution in [0.2, 0.25) is 0 Å². The lowest BCUT2D eigenvalue weighted by Gasteiger charge is -2.34. The summed E-state index contributed by atoms with van der Waals surface area (Å²) in [5, 5.41) is 25.5. The van der Waals surface area contributed by atoms with E-state index in [2.05, 4.69) is 82.4 Å². The lowest BCUT2D eigenvalue weighted by molar-refractivity contribution is -0.167. The fourth-order valence-electron chi connectivity index (χ4n) is 19.2. The normalized spacial score (nSPS) is 19.1. The molecular weight excluding hydrogens is 1640 g/mol. The molecule has 35 heteroatoms. The summed E-state index contributed by atoms with van der Waals surface area (Å²) in [6, 6.07) is 26.3. The highest BCUT2D eigenvalue weighted by molar-refractivity contribution is 6.05. The van der Waals surface area contributed by atoms with E-state index < -0.39 is 33.7 Å². The van der Waals surface area contributed by atoms with Crippen LogP contribution in [-0.2, 0) is 35.2 Å². The van der Waals surface area contributed by atoms with E-state index in [1.54, 1.807) is 90.8 Å². The Kier molecular flexibility index (Phi) is 25.6. The number of nitrogens with one attached hydrogen (secondary N) is 7. The first-order valence-corrected chi connectivity index (χ1v) is 44.3. The van der Waals surface area contributed by atoms with Gasteiger partial charge in [0, 0.05) is 138 Å². The molecule has 0 radical (unpaired) electrons.